The number of aliphatic hydroxyl groups is 2. The summed E-state index contributed by atoms with van der Waals surface area (Å²) in [6.45, 7) is 4.89. The van der Waals surface area contributed by atoms with Gasteiger partial charge in [0.1, 0.15) is 0 Å². The fourth-order valence-corrected chi connectivity index (χ4v) is 9.39. The molecule has 0 fully saturated rings. The van der Waals surface area contributed by atoms with Gasteiger partial charge in [0.25, 0.3) is 0 Å². The predicted molar refractivity (Wildman–Crippen MR) is 292 cm³/mol. The zero-order valence-corrected chi connectivity index (χ0v) is 45.1. The Morgan fingerprint density at radius 1 is 0.418 bits per heavy atom. The summed E-state index contributed by atoms with van der Waals surface area (Å²) in [5.74, 6) is -0.0317. The summed E-state index contributed by atoms with van der Waals surface area (Å²) in [6, 6.07) is -0.539. The van der Waals surface area contributed by atoms with Gasteiger partial charge >= 0.3 is 5.97 Å². The molecule has 6 heteroatoms. The molecule has 0 radical (unpaired) electrons. The van der Waals surface area contributed by atoms with Gasteiger partial charge in [0.15, 0.2) is 0 Å². The summed E-state index contributed by atoms with van der Waals surface area (Å²) in [7, 11) is 0. The highest BCUT2D eigenvalue weighted by Crippen LogP contribution is 2.18. The lowest BCUT2D eigenvalue weighted by molar-refractivity contribution is -0.143. The first-order valence-electron chi connectivity index (χ1n) is 30.1. The largest absolute Gasteiger partial charge is 0.466 e. The highest BCUT2D eigenvalue weighted by Gasteiger charge is 2.20. The third kappa shape index (κ3) is 53.5. The summed E-state index contributed by atoms with van der Waals surface area (Å²) in [4.78, 5) is 24.5. The van der Waals surface area contributed by atoms with Crippen molar-refractivity contribution in [2.45, 2.75) is 341 Å². The number of rotatable bonds is 56. The second kappa shape index (κ2) is 56.9. The van der Waals surface area contributed by atoms with Gasteiger partial charge in [-0.05, 0) is 51.4 Å². The van der Waals surface area contributed by atoms with E-state index in [1.807, 2.05) is 0 Å². The minimum Gasteiger partial charge on any atom is -0.466 e. The average molecular weight is 945 g/mol. The lowest BCUT2D eigenvalue weighted by Gasteiger charge is -2.22. The lowest BCUT2D eigenvalue weighted by Crippen LogP contribution is -2.45. The van der Waals surface area contributed by atoms with Gasteiger partial charge in [-0.15, -0.1) is 0 Å². The van der Waals surface area contributed by atoms with Gasteiger partial charge in [-0.1, -0.05) is 289 Å². The normalized spacial score (nSPS) is 12.7. The molecule has 0 aliphatic carbocycles. The molecule has 0 aliphatic rings. The second-order valence-corrected chi connectivity index (χ2v) is 20.7. The molecule has 0 saturated heterocycles. The molecule has 0 spiro atoms. The van der Waals surface area contributed by atoms with Crippen molar-refractivity contribution in [2.75, 3.05) is 13.2 Å². The predicted octanol–water partition coefficient (Wildman–Crippen LogP) is 18.6. The Bertz CT molecular complexity index is 1040. The first-order chi connectivity index (χ1) is 33.0. The van der Waals surface area contributed by atoms with Crippen molar-refractivity contribution in [2.24, 2.45) is 0 Å². The molecule has 2 atom stereocenters. The van der Waals surface area contributed by atoms with E-state index in [1.54, 1.807) is 0 Å². The Balaban J connectivity index is 3.35. The fourth-order valence-electron chi connectivity index (χ4n) is 9.39. The van der Waals surface area contributed by atoms with Gasteiger partial charge in [0.05, 0.1) is 25.4 Å². The molecule has 2 unspecified atom stereocenters. The van der Waals surface area contributed by atoms with Crippen LogP contribution >= 0.6 is 0 Å². The molecular formula is C61H117NO5. The number of carbonyl (C=O) groups excluding carboxylic acids is 2. The minimum atomic E-state index is -0.661. The van der Waals surface area contributed by atoms with Gasteiger partial charge in [0, 0.05) is 12.8 Å². The van der Waals surface area contributed by atoms with E-state index < -0.39 is 12.1 Å². The van der Waals surface area contributed by atoms with Crippen molar-refractivity contribution in [3.8, 4) is 0 Å². The van der Waals surface area contributed by atoms with Gasteiger partial charge in [-0.3, -0.25) is 9.59 Å². The van der Waals surface area contributed by atoms with Crippen LogP contribution in [-0.2, 0) is 14.3 Å². The molecule has 0 aromatic rings. The van der Waals surface area contributed by atoms with Crippen LogP contribution in [0, 0.1) is 0 Å². The van der Waals surface area contributed by atoms with Gasteiger partial charge in [0.2, 0.25) is 5.91 Å². The molecule has 0 saturated carbocycles. The van der Waals surface area contributed by atoms with Crippen molar-refractivity contribution in [1.82, 2.24) is 5.32 Å². The SMILES string of the molecule is CCC/C=C\C/C=C\CCCCCCCC(=O)OCCCCCCCCCCCCCCCCCCCCCCCCCCCC(=O)NC(CO)C(O)CCCCCCCCCCCCCC. The number of aliphatic hydroxyl groups excluding tert-OH is 2. The van der Waals surface area contributed by atoms with E-state index in [0.717, 1.165) is 51.4 Å². The minimum absolute atomic E-state index is 0.00112. The second-order valence-electron chi connectivity index (χ2n) is 20.7. The molecular weight excluding hydrogens is 827 g/mol. The van der Waals surface area contributed by atoms with E-state index in [1.165, 1.54) is 244 Å². The van der Waals surface area contributed by atoms with Crippen LogP contribution in [0.15, 0.2) is 24.3 Å². The summed E-state index contributed by atoms with van der Waals surface area (Å²) in [5, 5.41) is 23.2. The molecule has 6 nitrogen and oxygen atoms in total. The first kappa shape index (κ1) is 65.3. The van der Waals surface area contributed by atoms with Crippen molar-refractivity contribution in [3.63, 3.8) is 0 Å². The maximum absolute atomic E-state index is 12.5. The van der Waals surface area contributed by atoms with E-state index >= 15 is 0 Å². The van der Waals surface area contributed by atoms with Crippen LogP contribution in [0.5, 0.6) is 0 Å². The Kier molecular flexibility index (Phi) is 55.5. The average Bonchev–Trinajstić information content (AvgIpc) is 3.33. The Morgan fingerprint density at radius 3 is 1.19 bits per heavy atom. The van der Waals surface area contributed by atoms with Crippen molar-refractivity contribution in [1.29, 1.82) is 0 Å². The Hall–Kier alpha value is -1.66. The molecule has 1 amide bonds. The summed E-state index contributed by atoms with van der Waals surface area (Å²) in [6.07, 6.45) is 69.0. The highest BCUT2D eigenvalue weighted by molar-refractivity contribution is 5.76. The molecule has 3 N–H and O–H groups in total. The fraction of sp³-hybridized carbons (Fsp3) is 0.902. The zero-order chi connectivity index (χ0) is 48.6. The molecule has 0 bridgehead atoms. The van der Waals surface area contributed by atoms with Crippen LogP contribution in [0.4, 0.5) is 0 Å². The topological polar surface area (TPSA) is 95.9 Å². The number of ether oxygens (including phenoxy) is 1. The molecule has 0 rings (SSSR count). The smallest absolute Gasteiger partial charge is 0.305 e. The summed E-state index contributed by atoms with van der Waals surface area (Å²) in [5.41, 5.74) is 0. The Labute approximate surface area is 418 Å². The lowest BCUT2D eigenvalue weighted by atomic mass is 10.0. The Morgan fingerprint density at radius 2 is 0.776 bits per heavy atom. The quantitative estimate of drug-likeness (QED) is 0.0321. The van der Waals surface area contributed by atoms with Crippen molar-refractivity contribution in [3.05, 3.63) is 24.3 Å². The standard InChI is InChI=1S/C61H117NO5/c1-3-5-7-9-11-13-15-30-35-39-43-47-51-55-61(66)67-56-52-48-44-40-36-32-29-27-25-23-21-19-17-18-20-22-24-26-28-31-34-38-42-46-50-54-60(65)62-58(57-63)59(64)53-49-45-41-37-33-16-14-12-10-8-6-4-2/h7,9,13,15,58-59,63-64H,3-6,8,10-12,14,16-57H2,1-2H3,(H,62,65)/b9-7-,15-13-. The molecule has 0 aliphatic heterocycles. The molecule has 396 valence electrons. The maximum Gasteiger partial charge on any atom is 0.305 e. The summed E-state index contributed by atoms with van der Waals surface area (Å²) >= 11 is 0. The number of esters is 1. The van der Waals surface area contributed by atoms with Crippen LogP contribution in [0.1, 0.15) is 328 Å². The van der Waals surface area contributed by atoms with E-state index in [-0.39, 0.29) is 18.5 Å². The number of amides is 1. The van der Waals surface area contributed by atoms with Crippen LogP contribution < -0.4 is 5.32 Å². The number of unbranched alkanes of at least 4 members (excludes halogenated alkanes) is 41. The molecule has 0 heterocycles. The van der Waals surface area contributed by atoms with Crippen LogP contribution in [0.2, 0.25) is 0 Å². The van der Waals surface area contributed by atoms with Crippen LogP contribution in [0.3, 0.4) is 0 Å². The van der Waals surface area contributed by atoms with E-state index in [0.29, 0.717) is 25.9 Å². The summed E-state index contributed by atoms with van der Waals surface area (Å²) < 4.78 is 5.47. The van der Waals surface area contributed by atoms with Crippen molar-refractivity contribution >= 4 is 11.9 Å². The maximum atomic E-state index is 12.5. The van der Waals surface area contributed by atoms with Crippen LogP contribution in [-0.4, -0.2) is 47.4 Å². The number of nitrogens with one attached hydrogen (secondary N) is 1. The third-order valence-electron chi connectivity index (χ3n) is 14.0. The monoisotopic (exact) mass is 944 g/mol. The van der Waals surface area contributed by atoms with Gasteiger partial charge in [-0.2, -0.15) is 0 Å². The number of allylic oxidation sites excluding steroid dienone is 4. The highest BCUT2D eigenvalue weighted by atomic mass is 16.5. The number of hydrogen-bond acceptors (Lipinski definition) is 5. The van der Waals surface area contributed by atoms with E-state index in [2.05, 4.69) is 43.5 Å². The van der Waals surface area contributed by atoms with E-state index in [9.17, 15) is 19.8 Å². The molecule has 0 aromatic heterocycles. The van der Waals surface area contributed by atoms with Gasteiger partial charge in [-0.25, -0.2) is 0 Å². The zero-order valence-electron chi connectivity index (χ0n) is 45.1. The van der Waals surface area contributed by atoms with Crippen LogP contribution in [0.25, 0.3) is 0 Å². The molecule has 67 heavy (non-hydrogen) atoms. The number of hydrogen-bond donors (Lipinski definition) is 3. The molecule has 0 aromatic carbocycles. The van der Waals surface area contributed by atoms with Gasteiger partial charge < -0.3 is 20.3 Å². The van der Waals surface area contributed by atoms with E-state index in [4.69, 9.17) is 4.74 Å². The van der Waals surface area contributed by atoms with Crippen molar-refractivity contribution < 1.29 is 24.5 Å². The first-order valence-corrected chi connectivity index (χ1v) is 30.1. The number of carbonyl (C=O) groups is 2. The third-order valence-corrected chi connectivity index (χ3v) is 14.0.